The summed E-state index contributed by atoms with van der Waals surface area (Å²) in [6, 6.07) is 0.194. The van der Waals surface area contributed by atoms with Gasteiger partial charge in [0.15, 0.2) is 0 Å². The van der Waals surface area contributed by atoms with Gasteiger partial charge >= 0.3 is 5.97 Å². The van der Waals surface area contributed by atoms with E-state index in [9.17, 15) is 18.0 Å². The van der Waals surface area contributed by atoms with Gasteiger partial charge in [-0.3, -0.25) is 4.79 Å². The summed E-state index contributed by atoms with van der Waals surface area (Å²) >= 11 is 0.941. The predicted molar refractivity (Wildman–Crippen MR) is 74.3 cm³/mol. The highest BCUT2D eigenvalue weighted by atomic mass is 32.2. The van der Waals surface area contributed by atoms with Gasteiger partial charge in [0.05, 0.1) is 9.77 Å². The number of hydrogen-bond donors (Lipinski definition) is 3. The van der Waals surface area contributed by atoms with E-state index in [2.05, 4.69) is 10.0 Å². The van der Waals surface area contributed by atoms with Gasteiger partial charge in [-0.2, -0.15) is 0 Å². The molecule has 0 radical (unpaired) electrons. The van der Waals surface area contributed by atoms with E-state index in [-0.39, 0.29) is 15.7 Å². The number of carboxylic acid groups (broad SMARTS) is 1. The maximum absolute atomic E-state index is 11.9. The Morgan fingerprint density at radius 2 is 1.95 bits per heavy atom. The lowest BCUT2D eigenvalue weighted by molar-refractivity contribution is -0.140. The van der Waals surface area contributed by atoms with Gasteiger partial charge in [-0.1, -0.05) is 13.8 Å². The fourth-order valence-corrected chi connectivity index (χ4v) is 3.33. The van der Waals surface area contributed by atoms with E-state index in [4.69, 9.17) is 5.11 Å². The van der Waals surface area contributed by atoms with Crippen molar-refractivity contribution in [2.75, 3.05) is 7.05 Å². The summed E-state index contributed by atoms with van der Waals surface area (Å²) in [5.74, 6) is -2.02. The van der Waals surface area contributed by atoms with Crippen LogP contribution < -0.4 is 10.0 Å². The third kappa shape index (κ3) is 3.78. The lowest BCUT2D eigenvalue weighted by atomic mass is 10.0. The smallest absolute Gasteiger partial charge is 0.326 e. The number of amides is 1. The van der Waals surface area contributed by atoms with Gasteiger partial charge in [-0.05, 0) is 19.0 Å². The van der Waals surface area contributed by atoms with Gasteiger partial charge in [0, 0.05) is 5.38 Å². The summed E-state index contributed by atoms with van der Waals surface area (Å²) < 4.78 is 25.2. The molecule has 1 aromatic rings. The van der Waals surface area contributed by atoms with Gasteiger partial charge in [0.25, 0.3) is 5.91 Å². The third-order valence-electron chi connectivity index (χ3n) is 2.60. The Morgan fingerprint density at radius 1 is 1.35 bits per heavy atom. The number of carbonyl (C=O) groups is 2. The van der Waals surface area contributed by atoms with Crippen molar-refractivity contribution in [3.8, 4) is 0 Å². The number of hydrogen-bond acceptors (Lipinski definition) is 5. The Morgan fingerprint density at radius 3 is 2.40 bits per heavy atom. The first kappa shape index (κ1) is 16.6. The maximum atomic E-state index is 11.9. The van der Waals surface area contributed by atoms with Crippen molar-refractivity contribution in [1.82, 2.24) is 10.0 Å². The number of carbonyl (C=O) groups excluding carboxylic acids is 1. The van der Waals surface area contributed by atoms with E-state index in [0.29, 0.717) is 0 Å². The molecule has 1 amide bonds. The zero-order valence-corrected chi connectivity index (χ0v) is 12.8. The number of aliphatic carboxylic acids is 1. The molecular formula is C11H16N2O5S2. The topological polar surface area (TPSA) is 113 Å². The van der Waals surface area contributed by atoms with Crippen LogP contribution in [0.25, 0.3) is 0 Å². The van der Waals surface area contributed by atoms with Gasteiger partial charge < -0.3 is 10.4 Å². The van der Waals surface area contributed by atoms with Crippen molar-refractivity contribution in [3.63, 3.8) is 0 Å². The Balaban J connectivity index is 2.92. The minimum Gasteiger partial charge on any atom is -0.480 e. The van der Waals surface area contributed by atoms with Crippen LogP contribution in [0.4, 0.5) is 0 Å². The minimum atomic E-state index is -3.61. The fourth-order valence-electron chi connectivity index (χ4n) is 1.42. The summed E-state index contributed by atoms with van der Waals surface area (Å²) in [5.41, 5.74) is 0. The van der Waals surface area contributed by atoms with E-state index < -0.39 is 27.9 Å². The van der Waals surface area contributed by atoms with Crippen LogP contribution in [0.3, 0.4) is 0 Å². The number of sulfonamides is 1. The molecule has 3 N–H and O–H groups in total. The molecule has 0 aliphatic rings. The van der Waals surface area contributed by atoms with Crippen molar-refractivity contribution in [2.45, 2.75) is 24.8 Å². The largest absolute Gasteiger partial charge is 0.480 e. The molecule has 0 saturated heterocycles. The molecule has 7 nitrogen and oxygen atoms in total. The third-order valence-corrected chi connectivity index (χ3v) is 5.07. The molecule has 1 atom stereocenters. The standard InChI is InChI=1S/C11H16N2O5S2/c1-6(2)9(11(15)16)13-10(14)8-4-7(5-19-8)20(17,18)12-3/h4-6,9,12H,1-3H3,(H,13,14)(H,15,16). The predicted octanol–water partition coefficient (Wildman–Crippen LogP) is 0.495. The Hall–Kier alpha value is -1.45. The van der Waals surface area contributed by atoms with E-state index in [1.807, 2.05) is 0 Å². The number of rotatable bonds is 6. The second-order valence-electron chi connectivity index (χ2n) is 4.39. The van der Waals surface area contributed by atoms with Crippen LogP contribution in [-0.4, -0.2) is 38.5 Å². The van der Waals surface area contributed by atoms with Crippen LogP contribution in [0.15, 0.2) is 16.3 Å². The van der Waals surface area contributed by atoms with Crippen LogP contribution in [0.5, 0.6) is 0 Å². The van der Waals surface area contributed by atoms with Crippen LogP contribution in [0.1, 0.15) is 23.5 Å². The average Bonchev–Trinajstić information content (AvgIpc) is 2.85. The van der Waals surface area contributed by atoms with Crippen molar-refractivity contribution in [1.29, 1.82) is 0 Å². The van der Waals surface area contributed by atoms with Crippen molar-refractivity contribution >= 4 is 33.2 Å². The SMILES string of the molecule is CNS(=O)(=O)c1csc(C(=O)NC(C(=O)O)C(C)C)c1. The second kappa shape index (κ2) is 6.33. The van der Waals surface area contributed by atoms with Gasteiger partial charge in [-0.15, -0.1) is 11.3 Å². The Kier molecular flexibility index (Phi) is 5.26. The Bertz CT molecular complexity index is 606. The van der Waals surface area contributed by atoms with Crippen LogP contribution in [0, 0.1) is 5.92 Å². The molecule has 0 saturated carbocycles. The van der Waals surface area contributed by atoms with Crippen molar-refractivity contribution in [3.05, 3.63) is 16.3 Å². The molecule has 1 unspecified atom stereocenters. The molecule has 0 bridgehead atoms. The lowest BCUT2D eigenvalue weighted by Crippen LogP contribution is -2.44. The fraction of sp³-hybridized carbons (Fsp3) is 0.455. The second-order valence-corrected chi connectivity index (χ2v) is 7.19. The lowest BCUT2D eigenvalue weighted by Gasteiger charge is -2.17. The number of nitrogens with one attached hydrogen (secondary N) is 2. The average molecular weight is 320 g/mol. The molecule has 0 aliphatic heterocycles. The van der Waals surface area contributed by atoms with E-state index in [1.54, 1.807) is 13.8 Å². The molecule has 0 aliphatic carbocycles. The van der Waals surface area contributed by atoms with Crippen molar-refractivity contribution < 1.29 is 23.1 Å². The zero-order chi connectivity index (χ0) is 15.5. The van der Waals surface area contributed by atoms with Crippen molar-refractivity contribution in [2.24, 2.45) is 5.92 Å². The summed E-state index contributed by atoms with van der Waals surface area (Å²) in [7, 11) is -2.34. The van der Waals surface area contributed by atoms with Crippen LogP contribution >= 0.6 is 11.3 Å². The molecule has 1 heterocycles. The highest BCUT2D eigenvalue weighted by Crippen LogP contribution is 2.19. The number of thiophene rings is 1. The molecular weight excluding hydrogens is 304 g/mol. The molecule has 20 heavy (non-hydrogen) atoms. The molecule has 9 heteroatoms. The molecule has 1 aromatic heterocycles. The molecule has 0 spiro atoms. The molecule has 1 rings (SSSR count). The summed E-state index contributed by atoms with van der Waals surface area (Å²) in [6.07, 6.45) is 0. The normalized spacial score (nSPS) is 13.2. The number of carboxylic acids is 1. The van der Waals surface area contributed by atoms with Crippen LogP contribution in [0.2, 0.25) is 0 Å². The minimum absolute atomic E-state index is 0.0217. The first-order chi connectivity index (χ1) is 9.19. The summed E-state index contributed by atoms with van der Waals surface area (Å²) in [4.78, 5) is 23.0. The molecule has 0 aromatic carbocycles. The van der Waals surface area contributed by atoms with Gasteiger partial charge in [0.1, 0.15) is 6.04 Å². The first-order valence-corrected chi connectivity index (χ1v) is 8.11. The summed E-state index contributed by atoms with van der Waals surface area (Å²) in [6.45, 7) is 3.34. The van der Waals surface area contributed by atoms with E-state index >= 15 is 0 Å². The maximum Gasteiger partial charge on any atom is 0.326 e. The Labute approximate surface area is 121 Å². The van der Waals surface area contributed by atoms with Crippen LogP contribution in [-0.2, 0) is 14.8 Å². The highest BCUT2D eigenvalue weighted by Gasteiger charge is 2.25. The monoisotopic (exact) mass is 320 g/mol. The van der Waals surface area contributed by atoms with E-state index in [1.165, 1.54) is 18.5 Å². The zero-order valence-electron chi connectivity index (χ0n) is 11.2. The van der Waals surface area contributed by atoms with Gasteiger partial charge in [-0.25, -0.2) is 17.9 Å². The van der Waals surface area contributed by atoms with Gasteiger partial charge in [0.2, 0.25) is 10.0 Å². The molecule has 0 fully saturated rings. The first-order valence-electron chi connectivity index (χ1n) is 5.74. The molecule has 112 valence electrons. The van der Waals surface area contributed by atoms with E-state index in [0.717, 1.165) is 11.3 Å². The quantitative estimate of drug-likeness (QED) is 0.706. The summed E-state index contributed by atoms with van der Waals surface area (Å²) in [5, 5.41) is 12.7. The highest BCUT2D eigenvalue weighted by molar-refractivity contribution is 7.89.